The summed E-state index contributed by atoms with van der Waals surface area (Å²) in [5, 5.41) is 10.2. The number of carbonyl (C=O) groups is 3. The van der Waals surface area contributed by atoms with E-state index in [1.54, 1.807) is 4.90 Å². The number of hydrogen-bond donors (Lipinski definition) is 1. The van der Waals surface area contributed by atoms with Crippen LogP contribution in [0.2, 0.25) is 0 Å². The van der Waals surface area contributed by atoms with Crippen molar-refractivity contribution in [1.29, 1.82) is 0 Å². The molecule has 0 spiro atoms. The molecule has 7 heteroatoms. The summed E-state index contributed by atoms with van der Waals surface area (Å²) in [7, 11) is 3.64. The molecule has 1 aliphatic heterocycles. The van der Waals surface area contributed by atoms with Crippen LogP contribution in [0.1, 0.15) is 27.2 Å². The molecule has 4 aliphatic rings. The number of hydrogen-bond acceptors (Lipinski definition) is 6. The molecular formula is C19H28N2O5. The molecule has 2 amide bonds. The number of rotatable bonds is 5. The van der Waals surface area contributed by atoms with Crippen LogP contribution in [-0.4, -0.2) is 71.6 Å². The smallest absolute Gasteiger partial charge is 0.303 e. The van der Waals surface area contributed by atoms with E-state index in [2.05, 4.69) is 0 Å². The summed E-state index contributed by atoms with van der Waals surface area (Å²) in [6.45, 7) is 5.64. The Bertz CT molecular complexity index is 673. The number of imide groups is 1. The molecule has 2 fully saturated rings. The van der Waals surface area contributed by atoms with Crippen molar-refractivity contribution in [2.45, 2.75) is 38.9 Å². The lowest BCUT2D eigenvalue weighted by Crippen LogP contribution is -2.57. The van der Waals surface area contributed by atoms with Gasteiger partial charge in [0.2, 0.25) is 11.8 Å². The molecule has 4 rings (SSSR count). The number of allylic oxidation sites excluding steroid dienone is 1. The van der Waals surface area contributed by atoms with Crippen LogP contribution < -0.4 is 0 Å². The zero-order valence-corrected chi connectivity index (χ0v) is 16.1. The Balaban J connectivity index is 1.95. The highest BCUT2D eigenvalue weighted by molar-refractivity contribution is 6.07. The van der Waals surface area contributed by atoms with Crippen molar-refractivity contribution in [1.82, 2.24) is 9.80 Å². The second kappa shape index (κ2) is 6.46. The summed E-state index contributed by atoms with van der Waals surface area (Å²) in [5.41, 5.74) is -0.0500. The fraction of sp³-hybridized carbons (Fsp3) is 0.737. The van der Waals surface area contributed by atoms with Crippen molar-refractivity contribution in [2.24, 2.45) is 23.7 Å². The molecular weight excluding hydrogens is 336 g/mol. The van der Waals surface area contributed by atoms with Crippen molar-refractivity contribution >= 4 is 17.8 Å². The summed E-state index contributed by atoms with van der Waals surface area (Å²) in [4.78, 5) is 41.0. The number of amides is 2. The lowest BCUT2D eigenvalue weighted by atomic mass is 9.54. The predicted octanol–water partition coefficient (Wildman–Crippen LogP) is 0.428. The van der Waals surface area contributed by atoms with Crippen molar-refractivity contribution in [2.75, 3.05) is 27.2 Å². The SMILES string of the molecule is CC(=O)OC12C=C(C)C(C(C)C1)C1C(=O)N(CC(O)CN(C)C)C(=O)C12. The van der Waals surface area contributed by atoms with Gasteiger partial charge in [-0.2, -0.15) is 0 Å². The van der Waals surface area contributed by atoms with Gasteiger partial charge in [0.1, 0.15) is 5.60 Å². The van der Waals surface area contributed by atoms with E-state index in [4.69, 9.17) is 4.74 Å². The highest BCUT2D eigenvalue weighted by Gasteiger charge is 2.67. The first-order valence-corrected chi connectivity index (χ1v) is 9.14. The molecule has 7 nitrogen and oxygen atoms in total. The molecule has 3 aliphatic carbocycles. The summed E-state index contributed by atoms with van der Waals surface area (Å²) >= 11 is 0. The lowest BCUT2D eigenvalue weighted by Gasteiger charge is -2.52. The second-order valence-corrected chi connectivity index (χ2v) is 8.35. The van der Waals surface area contributed by atoms with E-state index in [0.29, 0.717) is 13.0 Å². The van der Waals surface area contributed by atoms with Gasteiger partial charge in [0.25, 0.3) is 0 Å². The number of β-amino-alcohol motifs (C(OH)–C–C–N with tert-alkyl or cyclic N) is 1. The molecule has 6 atom stereocenters. The molecule has 2 bridgehead atoms. The molecule has 1 saturated heterocycles. The average molecular weight is 364 g/mol. The van der Waals surface area contributed by atoms with E-state index in [1.807, 2.05) is 34.0 Å². The van der Waals surface area contributed by atoms with Crippen LogP contribution >= 0.6 is 0 Å². The minimum absolute atomic E-state index is 0.0233. The predicted molar refractivity (Wildman–Crippen MR) is 93.8 cm³/mol. The Labute approximate surface area is 154 Å². The fourth-order valence-electron chi connectivity index (χ4n) is 5.37. The minimum atomic E-state index is -1.05. The summed E-state index contributed by atoms with van der Waals surface area (Å²) in [6, 6.07) is 0. The van der Waals surface area contributed by atoms with Crippen LogP contribution in [0, 0.1) is 23.7 Å². The number of likely N-dealkylation sites (N-methyl/N-ethyl adjacent to an activating group) is 1. The van der Waals surface area contributed by atoms with Crippen LogP contribution in [0.15, 0.2) is 11.6 Å². The monoisotopic (exact) mass is 364 g/mol. The van der Waals surface area contributed by atoms with Crippen molar-refractivity contribution in [3.8, 4) is 0 Å². The van der Waals surface area contributed by atoms with Crippen LogP contribution in [0.3, 0.4) is 0 Å². The number of carbonyl (C=O) groups excluding carboxylic acids is 3. The first kappa shape index (κ1) is 19.0. The van der Waals surface area contributed by atoms with Gasteiger partial charge in [-0.25, -0.2) is 0 Å². The Morgan fingerprint density at radius 2 is 2.04 bits per heavy atom. The third-order valence-electron chi connectivity index (χ3n) is 5.91. The fourth-order valence-corrected chi connectivity index (χ4v) is 5.37. The Morgan fingerprint density at radius 1 is 1.38 bits per heavy atom. The van der Waals surface area contributed by atoms with Crippen LogP contribution in [0.4, 0.5) is 0 Å². The lowest BCUT2D eigenvalue weighted by molar-refractivity contribution is -0.173. The van der Waals surface area contributed by atoms with Crippen LogP contribution in [-0.2, 0) is 19.1 Å². The van der Waals surface area contributed by atoms with Gasteiger partial charge in [-0.1, -0.05) is 12.5 Å². The molecule has 1 N–H and O–H groups in total. The largest absolute Gasteiger partial charge is 0.454 e. The van der Waals surface area contributed by atoms with Crippen molar-refractivity contribution < 1.29 is 24.2 Å². The van der Waals surface area contributed by atoms with Gasteiger partial charge < -0.3 is 14.7 Å². The molecule has 144 valence electrons. The number of ether oxygens (including phenoxy) is 1. The zero-order chi connectivity index (χ0) is 19.4. The van der Waals surface area contributed by atoms with Gasteiger partial charge in [-0.05, 0) is 45.4 Å². The third-order valence-corrected chi connectivity index (χ3v) is 5.91. The number of likely N-dealkylation sites (tertiary alicyclic amines) is 1. The van der Waals surface area contributed by atoms with Crippen molar-refractivity contribution in [3.63, 3.8) is 0 Å². The molecule has 0 aromatic rings. The van der Waals surface area contributed by atoms with Gasteiger partial charge >= 0.3 is 5.97 Å². The first-order chi connectivity index (χ1) is 12.1. The highest BCUT2D eigenvalue weighted by Crippen LogP contribution is 2.58. The molecule has 6 unspecified atom stereocenters. The minimum Gasteiger partial charge on any atom is -0.454 e. The molecule has 1 heterocycles. The highest BCUT2D eigenvalue weighted by atomic mass is 16.6. The normalized spacial score (nSPS) is 37.0. The summed E-state index contributed by atoms with van der Waals surface area (Å²) in [6.07, 6.45) is 1.61. The van der Waals surface area contributed by atoms with E-state index in [1.165, 1.54) is 11.8 Å². The van der Waals surface area contributed by atoms with Gasteiger partial charge in [0, 0.05) is 13.5 Å². The quantitative estimate of drug-likeness (QED) is 0.432. The standard InChI is InChI=1S/C19H28N2O5/c1-10-6-19(26-12(3)22)7-11(2)14(10)15-16(19)18(25)21(17(15)24)9-13(23)8-20(4)5/h6,11,13-16,23H,7-9H2,1-5H3. The van der Waals surface area contributed by atoms with Gasteiger partial charge in [-0.15, -0.1) is 0 Å². The number of aliphatic hydroxyl groups is 1. The zero-order valence-electron chi connectivity index (χ0n) is 16.1. The van der Waals surface area contributed by atoms with Gasteiger partial charge in [0.05, 0.1) is 24.5 Å². The van der Waals surface area contributed by atoms with Crippen molar-refractivity contribution in [3.05, 3.63) is 11.6 Å². The van der Waals surface area contributed by atoms with E-state index in [9.17, 15) is 19.5 Å². The van der Waals surface area contributed by atoms with Crippen LogP contribution in [0.25, 0.3) is 0 Å². The third kappa shape index (κ3) is 2.87. The summed E-state index contributed by atoms with van der Waals surface area (Å²) in [5.74, 6) is -2.11. The topological polar surface area (TPSA) is 87.2 Å². The molecule has 0 radical (unpaired) electrons. The molecule has 0 aromatic heterocycles. The number of aliphatic hydroxyl groups excluding tert-OH is 1. The van der Waals surface area contributed by atoms with E-state index in [0.717, 1.165) is 5.57 Å². The van der Waals surface area contributed by atoms with Gasteiger partial charge in [0.15, 0.2) is 0 Å². The average Bonchev–Trinajstić information content (AvgIpc) is 2.71. The Morgan fingerprint density at radius 3 is 2.58 bits per heavy atom. The number of fused-ring (bicyclic) bond motifs is 1. The van der Waals surface area contributed by atoms with E-state index < -0.39 is 29.5 Å². The Hall–Kier alpha value is -1.73. The van der Waals surface area contributed by atoms with Crippen LogP contribution in [0.5, 0.6) is 0 Å². The maximum absolute atomic E-state index is 13.1. The maximum Gasteiger partial charge on any atom is 0.303 e. The Kier molecular flexibility index (Phi) is 4.73. The number of esters is 1. The molecule has 0 aromatic carbocycles. The molecule has 26 heavy (non-hydrogen) atoms. The van der Waals surface area contributed by atoms with E-state index >= 15 is 0 Å². The number of nitrogens with zero attached hydrogens (tertiary/aromatic N) is 2. The summed E-state index contributed by atoms with van der Waals surface area (Å²) < 4.78 is 5.67. The first-order valence-electron chi connectivity index (χ1n) is 9.14. The second-order valence-electron chi connectivity index (χ2n) is 8.35. The van der Waals surface area contributed by atoms with E-state index in [-0.39, 0.29) is 30.2 Å². The maximum atomic E-state index is 13.1. The van der Waals surface area contributed by atoms with Gasteiger partial charge in [-0.3, -0.25) is 19.3 Å². The molecule has 1 saturated carbocycles.